The molecule has 2 heteroatoms. The zero-order valence-electron chi connectivity index (χ0n) is 6.76. The summed E-state index contributed by atoms with van der Waals surface area (Å²) in [6, 6.07) is 3.82. The van der Waals surface area contributed by atoms with Gasteiger partial charge in [-0.05, 0) is 30.8 Å². The van der Waals surface area contributed by atoms with Crippen LogP contribution in [0, 0.1) is 34.5 Å². The van der Waals surface area contributed by atoms with Gasteiger partial charge in [-0.2, -0.15) is 10.5 Å². The first-order valence-corrected chi connectivity index (χ1v) is 3.71. The Kier molecular flexibility index (Phi) is 1.96. The summed E-state index contributed by atoms with van der Waals surface area (Å²) in [7, 11) is 0. The molecular formula is C9H10N2. The van der Waals surface area contributed by atoms with E-state index in [0.29, 0.717) is 17.4 Å². The maximum Gasteiger partial charge on any atom is 0.128 e. The van der Waals surface area contributed by atoms with Crippen molar-refractivity contribution < 1.29 is 0 Å². The number of nitrogens with zero attached hydrogens (tertiary/aromatic N) is 2. The van der Waals surface area contributed by atoms with E-state index in [9.17, 15) is 0 Å². The highest BCUT2D eigenvalue weighted by Gasteiger charge is 2.35. The van der Waals surface area contributed by atoms with E-state index in [1.54, 1.807) is 0 Å². The van der Waals surface area contributed by atoms with Crippen LogP contribution in [0.25, 0.3) is 0 Å². The number of rotatable bonds is 1. The zero-order valence-corrected chi connectivity index (χ0v) is 6.76. The first-order valence-electron chi connectivity index (χ1n) is 3.71. The molecule has 0 aromatic rings. The van der Waals surface area contributed by atoms with Gasteiger partial charge in [-0.1, -0.05) is 6.92 Å². The van der Waals surface area contributed by atoms with Gasteiger partial charge in [0.15, 0.2) is 0 Å². The second-order valence-electron chi connectivity index (χ2n) is 3.10. The lowest BCUT2D eigenvalue weighted by molar-refractivity contribution is 0.852. The summed E-state index contributed by atoms with van der Waals surface area (Å²) in [4.78, 5) is 0. The maximum absolute atomic E-state index is 8.53. The maximum atomic E-state index is 8.53. The van der Waals surface area contributed by atoms with Gasteiger partial charge in [-0.25, -0.2) is 0 Å². The molecule has 0 bridgehead atoms. The van der Waals surface area contributed by atoms with Crippen molar-refractivity contribution in [1.82, 2.24) is 0 Å². The normalized spacial score (nSPS) is 26.5. The van der Waals surface area contributed by atoms with E-state index in [0.717, 1.165) is 12.0 Å². The monoisotopic (exact) mass is 146 g/mol. The van der Waals surface area contributed by atoms with Gasteiger partial charge in [-0.15, -0.1) is 0 Å². The summed E-state index contributed by atoms with van der Waals surface area (Å²) >= 11 is 0. The van der Waals surface area contributed by atoms with Crippen molar-refractivity contribution in [2.45, 2.75) is 20.3 Å². The van der Waals surface area contributed by atoms with Crippen LogP contribution in [-0.4, -0.2) is 0 Å². The van der Waals surface area contributed by atoms with Gasteiger partial charge in [-0.3, -0.25) is 0 Å². The van der Waals surface area contributed by atoms with Crippen molar-refractivity contribution in [2.24, 2.45) is 11.8 Å². The minimum absolute atomic E-state index is 0.305. The fraction of sp³-hybridized carbons (Fsp3) is 0.556. The molecule has 11 heavy (non-hydrogen) atoms. The molecule has 2 atom stereocenters. The smallest absolute Gasteiger partial charge is 0.128 e. The molecule has 2 nitrogen and oxygen atoms in total. The van der Waals surface area contributed by atoms with Crippen LogP contribution in [-0.2, 0) is 0 Å². The molecule has 0 saturated heterocycles. The molecule has 1 rings (SSSR count). The molecule has 0 amide bonds. The third kappa shape index (κ3) is 1.41. The molecule has 1 saturated carbocycles. The molecule has 1 fully saturated rings. The zero-order chi connectivity index (χ0) is 8.43. The number of allylic oxidation sites excluding steroid dienone is 2. The highest BCUT2D eigenvalue weighted by molar-refractivity contribution is 5.41. The topological polar surface area (TPSA) is 47.6 Å². The van der Waals surface area contributed by atoms with Crippen LogP contribution in [0.3, 0.4) is 0 Å². The van der Waals surface area contributed by atoms with E-state index < -0.39 is 0 Å². The summed E-state index contributed by atoms with van der Waals surface area (Å²) in [6.45, 7) is 4.02. The molecule has 0 aromatic heterocycles. The average molecular weight is 146 g/mol. The predicted molar refractivity (Wildman–Crippen MR) is 41.2 cm³/mol. The minimum Gasteiger partial charge on any atom is -0.192 e. The predicted octanol–water partition coefficient (Wildman–Crippen LogP) is 2.01. The average Bonchev–Trinajstić information content (AvgIpc) is 2.69. The van der Waals surface area contributed by atoms with E-state index in [2.05, 4.69) is 6.92 Å². The van der Waals surface area contributed by atoms with E-state index >= 15 is 0 Å². The number of hydrogen-bond donors (Lipinski definition) is 0. The van der Waals surface area contributed by atoms with E-state index in [4.69, 9.17) is 10.5 Å². The second kappa shape index (κ2) is 2.76. The van der Waals surface area contributed by atoms with Gasteiger partial charge in [0.25, 0.3) is 0 Å². The van der Waals surface area contributed by atoms with Gasteiger partial charge in [0.2, 0.25) is 0 Å². The first-order chi connectivity index (χ1) is 5.20. The van der Waals surface area contributed by atoms with Gasteiger partial charge in [0.05, 0.1) is 0 Å². The van der Waals surface area contributed by atoms with Gasteiger partial charge >= 0.3 is 0 Å². The van der Waals surface area contributed by atoms with Gasteiger partial charge in [0.1, 0.15) is 17.7 Å². The second-order valence-corrected chi connectivity index (χ2v) is 3.10. The highest BCUT2D eigenvalue weighted by atomic mass is 14.4. The molecule has 1 aliphatic rings. The Labute approximate surface area is 66.7 Å². The molecular weight excluding hydrogens is 136 g/mol. The largest absolute Gasteiger partial charge is 0.192 e. The summed E-state index contributed by atoms with van der Waals surface area (Å²) in [6.07, 6.45) is 1.14. The van der Waals surface area contributed by atoms with Crippen LogP contribution in [0.15, 0.2) is 11.1 Å². The van der Waals surface area contributed by atoms with Crippen LogP contribution in [0.1, 0.15) is 20.3 Å². The van der Waals surface area contributed by atoms with Crippen molar-refractivity contribution in [1.29, 1.82) is 10.5 Å². The van der Waals surface area contributed by atoms with Crippen molar-refractivity contribution in [3.8, 4) is 12.1 Å². The molecule has 0 spiro atoms. The Bertz CT molecular complexity index is 259. The quantitative estimate of drug-likeness (QED) is 0.531. The van der Waals surface area contributed by atoms with Gasteiger partial charge < -0.3 is 0 Å². The highest BCUT2D eigenvalue weighted by Crippen LogP contribution is 2.44. The number of hydrogen-bond acceptors (Lipinski definition) is 2. The van der Waals surface area contributed by atoms with Crippen LogP contribution < -0.4 is 0 Å². The third-order valence-electron chi connectivity index (χ3n) is 2.28. The Morgan fingerprint density at radius 1 is 1.36 bits per heavy atom. The van der Waals surface area contributed by atoms with Crippen molar-refractivity contribution >= 4 is 0 Å². The fourth-order valence-electron chi connectivity index (χ4n) is 1.31. The molecule has 0 aliphatic heterocycles. The van der Waals surface area contributed by atoms with Crippen LogP contribution in [0.2, 0.25) is 0 Å². The van der Waals surface area contributed by atoms with Crippen LogP contribution >= 0.6 is 0 Å². The molecule has 0 aromatic carbocycles. The molecule has 0 heterocycles. The Morgan fingerprint density at radius 3 is 2.09 bits per heavy atom. The Morgan fingerprint density at radius 2 is 1.82 bits per heavy atom. The van der Waals surface area contributed by atoms with Crippen LogP contribution in [0.5, 0.6) is 0 Å². The lowest BCUT2D eigenvalue weighted by atomic mass is 10.1. The Balaban J connectivity index is 2.81. The lowest BCUT2D eigenvalue weighted by Gasteiger charge is -1.94. The molecule has 56 valence electrons. The van der Waals surface area contributed by atoms with Crippen LogP contribution in [0.4, 0.5) is 0 Å². The fourth-order valence-corrected chi connectivity index (χ4v) is 1.31. The standard InChI is InChI=1S/C9H10N2/c1-6-3-9(6)7(2)8(4-10)5-11/h6,9H,3H2,1-2H3. The molecule has 0 N–H and O–H groups in total. The third-order valence-corrected chi connectivity index (χ3v) is 2.28. The van der Waals surface area contributed by atoms with Crippen molar-refractivity contribution in [3.05, 3.63) is 11.1 Å². The van der Waals surface area contributed by atoms with E-state index in [1.165, 1.54) is 0 Å². The van der Waals surface area contributed by atoms with E-state index in [1.807, 2.05) is 19.1 Å². The van der Waals surface area contributed by atoms with Gasteiger partial charge in [0, 0.05) is 0 Å². The Hall–Kier alpha value is -1.28. The molecule has 0 radical (unpaired) electrons. The SMILES string of the molecule is CC(=C(C#N)C#N)C1CC1C. The number of nitriles is 2. The summed E-state index contributed by atoms with van der Waals surface area (Å²) in [5.74, 6) is 1.18. The van der Waals surface area contributed by atoms with E-state index in [-0.39, 0.29) is 0 Å². The summed E-state index contributed by atoms with van der Waals surface area (Å²) < 4.78 is 0. The molecule has 1 aliphatic carbocycles. The lowest BCUT2D eigenvalue weighted by Crippen LogP contribution is -1.86. The first kappa shape index (κ1) is 7.82. The summed E-state index contributed by atoms with van der Waals surface area (Å²) in [5.41, 5.74) is 1.28. The molecule has 2 unspecified atom stereocenters. The minimum atomic E-state index is 0.305. The van der Waals surface area contributed by atoms with Crippen molar-refractivity contribution in [3.63, 3.8) is 0 Å². The van der Waals surface area contributed by atoms with Crippen molar-refractivity contribution in [2.75, 3.05) is 0 Å². The summed E-state index contributed by atoms with van der Waals surface area (Å²) in [5, 5.41) is 17.1.